The molecule has 0 amide bonds. The van der Waals surface area contributed by atoms with Crippen LogP contribution < -0.4 is 14.8 Å². The normalized spacial score (nSPS) is 14.7. The summed E-state index contributed by atoms with van der Waals surface area (Å²) in [5.74, 6) is -0.274. The second-order valence-corrected chi connectivity index (χ2v) is 4.95. The second-order valence-electron chi connectivity index (χ2n) is 4.95. The molecule has 1 aliphatic rings. The van der Waals surface area contributed by atoms with Crippen LogP contribution in [0.1, 0.15) is 18.4 Å². The average molecular weight is 320 g/mol. The van der Waals surface area contributed by atoms with Crippen LogP contribution in [-0.2, 0) is 6.54 Å². The Bertz CT molecular complexity index is 559. The SMILES string of the molecule is COc1cc(CNC2CC2)c([N+](=O)[O-])cc1OCC(F)(F)F. The summed E-state index contributed by atoms with van der Waals surface area (Å²) in [7, 11) is 1.26. The Morgan fingerprint density at radius 2 is 2.05 bits per heavy atom. The third-order valence-electron chi connectivity index (χ3n) is 3.11. The van der Waals surface area contributed by atoms with E-state index < -0.39 is 17.7 Å². The van der Waals surface area contributed by atoms with Crippen LogP contribution in [0.5, 0.6) is 11.5 Å². The molecule has 2 rings (SSSR count). The van der Waals surface area contributed by atoms with E-state index in [-0.39, 0.29) is 23.7 Å². The summed E-state index contributed by atoms with van der Waals surface area (Å²) >= 11 is 0. The van der Waals surface area contributed by atoms with Gasteiger partial charge in [0.15, 0.2) is 18.1 Å². The molecule has 0 aliphatic heterocycles. The van der Waals surface area contributed by atoms with Crippen LogP contribution in [-0.4, -0.2) is 30.9 Å². The van der Waals surface area contributed by atoms with Crippen molar-refractivity contribution in [1.29, 1.82) is 0 Å². The van der Waals surface area contributed by atoms with Gasteiger partial charge in [-0.05, 0) is 18.9 Å². The summed E-state index contributed by atoms with van der Waals surface area (Å²) in [6, 6.07) is 2.64. The van der Waals surface area contributed by atoms with Gasteiger partial charge < -0.3 is 14.8 Å². The molecular weight excluding hydrogens is 305 g/mol. The van der Waals surface area contributed by atoms with E-state index >= 15 is 0 Å². The minimum absolute atomic E-state index is 0.0300. The molecule has 1 N–H and O–H groups in total. The zero-order valence-electron chi connectivity index (χ0n) is 11.8. The van der Waals surface area contributed by atoms with E-state index in [1.165, 1.54) is 13.2 Å². The van der Waals surface area contributed by atoms with Gasteiger partial charge in [0.05, 0.1) is 18.1 Å². The van der Waals surface area contributed by atoms with Crippen LogP contribution in [0.3, 0.4) is 0 Å². The number of halogens is 3. The van der Waals surface area contributed by atoms with Gasteiger partial charge in [-0.3, -0.25) is 10.1 Å². The number of nitro groups is 1. The fourth-order valence-electron chi connectivity index (χ4n) is 1.88. The summed E-state index contributed by atoms with van der Waals surface area (Å²) in [6.45, 7) is -1.29. The molecule has 0 atom stereocenters. The van der Waals surface area contributed by atoms with E-state index in [1.54, 1.807) is 0 Å². The van der Waals surface area contributed by atoms with Crippen LogP contribution in [0.25, 0.3) is 0 Å². The van der Waals surface area contributed by atoms with Gasteiger partial charge in [0.1, 0.15) is 0 Å². The molecule has 1 aromatic carbocycles. The first kappa shape index (κ1) is 16.3. The van der Waals surface area contributed by atoms with Crippen molar-refractivity contribution in [2.45, 2.75) is 31.6 Å². The molecule has 6 nitrogen and oxygen atoms in total. The number of benzene rings is 1. The number of hydrogen-bond donors (Lipinski definition) is 1. The third kappa shape index (κ3) is 4.48. The number of methoxy groups -OCH3 is 1. The molecule has 0 saturated heterocycles. The van der Waals surface area contributed by atoms with Crippen molar-refractivity contribution in [2.24, 2.45) is 0 Å². The second kappa shape index (κ2) is 6.39. The number of rotatable bonds is 7. The Hall–Kier alpha value is -2.03. The van der Waals surface area contributed by atoms with Crippen LogP contribution in [0.2, 0.25) is 0 Å². The predicted molar refractivity (Wildman–Crippen MR) is 71.1 cm³/mol. The Morgan fingerprint density at radius 1 is 1.36 bits per heavy atom. The summed E-state index contributed by atoms with van der Waals surface area (Å²) in [5, 5.41) is 14.2. The maximum absolute atomic E-state index is 12.2. The lowest BCUT2D eigenvalue weighted by Crippen LogP contribution is -2.20. The van der Waals surface area contributed by atoms with E-state index in [2.05, 4.69) is 10.1 Å². The number of alkyl halides is 3. The lowest BCUT2D eigenvalue weighted by atomic mass is 10.1. The zero-order chi connectivity index (χ0) is 16.3. The van der Waals surface area contributed by atoms with Gasteiger partial charge in [-0.1, -0.05) is 0 Å². The van der Waals surface area contributed by atoms with Gasteiger partial charge in [-0.2, -0.15) is 13.2 Å². The molecule has 9 heteroatoms. The molecule has 1 aromatic rings. The monoisotopic (exact) mass is 320 g/mol. The van der Waals surface area contributed by atoms with Crippen molar-refractivity contribution >= 4 is 5.69 Å². The molecular formula is C13H15F3N2O4. The summed E-state index contributed by atoms with van der Waals surface area (Å²) in [4.78, 5) is 10.4. The Kier molecular flexibility index (Phi) is 4.74. The van der Waals surface area contributed by atoms with Gasteiger partial charge in [-0.25, -0.2) is 0 Å². The summed E-state index contributed by atoms with van der Waals surface area (Å²) < 4.78 is 46.2. The molecule has 0 radical (unpaired) electrons. The first-order valence-electron chi connectivity index (χ1n) is 6.58. The smallest absolute Gasteiger partial charge is 0.422 e. The van der Waals surface area contributed by atoms with Crippen LogP contribution in [0.15, 0.2) is 12.1 Å². The van der Waals surface area contributed by atoms with Crippen LogP contribution in [0, 0.1) is 10.1 Å². The molecule has 0 spiro atoms. The number of nitrogens with zero attached hydrogens (tertiary/aromatic N) is 1. The van der Waals surface area contributed by atoms with Crippen molar-refractivity contribution < 1.29 is 27.6 Å². The van der Waals surface area contributed by atoms with E-state index in [1.807, 2.05) is 0 Å². The zero-order valence-corrected chi connectivity index (χ0v) is 11.8. The van der Waals surface area contributed by atoms with Crippen LogP contribution >= 0.6 is 0 Å². The number of ether oxygens (including phenoxy) is 2. The molecule has 0 heterocycles. The van der Waals surface area contributed by atoms with Gasteiger partial charge in [0.25, 0.3) is 5.69 Å². The summed E-state index contributed by atoms with van der Waals surface area (Å²) in [6.07, 6.45) is -2.51. The standard InChI is InChI=1S/C13H15F3N2O4/c1-21-11-4-8(6-17-9-2-3-9)10(18(19)20)5-12(11)22-7-13(14,15)16/h4-5,9,17H,2-3,6-7H2,1H3. The maximum atomic E-state index is 12.2. The highest BCUT2D eigenvalue weighted by Gasteiger charge is 2.30. The number of hydrogen-bond acceptors (Lipinski definition) is 5. The third-order valence-corrected chi connectivity index (χ3v) is 3.11. The van der Waals surface area contributed by atoms with E-state index in [4.69, 9.17) is 4.74 Å². The lowest BCUT2D eigenvalue weighted by molar-refractivity contribution is -0.385. The van der Waals surface area contributed by atoms with Crippen molar-refractivity contribution in [3.8, 4) is 11.5 Å². The number of nitrogens with one attached hydrogen (secondary N) is 1. The molecule has 22 heavy (non-hydrogen) atoms. The number of nitro benzene ring substituents is 1. The largest absolute Gasteiger partial charge is 0.493 e. The Morgan fingerprint density at radius 3 is 2.55 bits per heavy atom. The van der Waals surface area contributed by atoms with Crippen molar-refractivity contribution in [3.05, 3.63) is 27.8 Å². The van der Waals surface area contributed by atoms with Crippen molar-refractivity contribution in [1.82, 2.24) is 5.32 Å². The fraction of sp³-hybridized carbons (Fsp3) is 0.538. The van der Waals surface area contributed by atoms with E-state index in [9.17, 15) is 23.3 Å². The fourth-order valence-corrected chi connectivity index (χ4v) is 1.88. The molecule has 0 unspecified atom stereocenters. The van der Waals surface area contributed by atoms with E-state index in [0.717, 1.165) is 18.9 Å². The quantitative estimate of drug-likeness (QED) is 0.618. The van der Waals surface area contributed by atoms with E-state index in [0.29, 0.717) is 11.6 Å². The van der Waals surface area contributed by atoms with Crippen LogP contribution in [0.4, 0.5) is 18.9 Å². The highest BCUT2D eigenvalue weighted by atomic mass is 19.4. The topological polar surface area (TPSA) is 73.6 Å². The molecule has 1 saturated carbocycles. The highest BCUT2D eigenvalue weighted by Crippen LogP contribution is 2.36. The van der Waals surface area contributed by atoms with Gasteiger partial charge in [-0.15, -0.1) is 0 Å². The summed E-state index contributed by atoms with van der Waals surface area (Å²) in [5.41, 5.74) is 0.0410. The van der Waals surface area contributed by atoms with Gasteiger partial charge >= 0.3 is 6.18 Å². The molecule has 122 valence electrons. The van der Waals surface area contributed by atoms with Gasteiger partial charge in [0.2, 0.25) is 0 Å². The first-order chi connectivity index (χ1) is 10.3. The predicted octanol–water partition coefficient (Wildman–Crippen LogP) is 2.80. The Balaban J connectivity index is 2.24. The minimum Gasteiger partial charge on any atom is -0.493 e. The van der Waals surface area contributed by atoms with Crippen molar-refractivity contribution in [2.75, 3.05) is 13.7 Å². The maximum Gasteiger partial charge on any atom is 0.422 e. The minimum atomic E-state index is -4.54. The first-order valence-corrected chi connectivity index (χ1v) is 6.58. The van der Waals surface area contributed by atoms with Crippen molar-refractivity contribution in [3.63, 3.8) is 0 Å². The highest BCUT2D eigenvalue weighted by molar-refractivity contribution is 5.54. The molecule has 0 aromatic heterocycles. The lowest BCUT2D eigenvalue weighted by Gasteiger charge is -2.14. The molecule has 0 bridgehead atoms. The van der Waals surface area contributed by atoms with Gasteiger partial charge in [0, 0.05) is 18.2 Å². The Labute approximate surface area is 124 Å². The average Bonchev–Trinajstić information content (AvgIpc) is 3.25. The molecule has 1 aliphatic carbocycles. The molecule has 1 fully saturated rings.